The largest absolute Gasteiger partial charge is 0.369 e. The number of hydrogen-bond donors (Lipinski definition) is 4. The van der Waals surface area contributed by atoms with Gasteiger partial charge in [-0.05, 0) is 0 Å². The number of anilines is 3. The smallest absolute Gasteiger partial charge is 0.277 e. The molecule has 7 heteroatoms. The normalized spacial score (nSPS) is 14.1. The number of rotatable bonds is 1. The minimum Gasteiger partial charge on any atom is -0.369 e. The van der Waals surface area contributed by atoms with Crippen LogP contribution in [0.25, 0.3) is 0 Å². The van der Waals surface area contributed by atoms with Crippen LogP contribution >= 0.6 is 0 Å². The van der Waals surface area contributed by atoms with Crippen LogP contribution in [-0.2, 0) is 0 Å². The van der Waals surface area contributed by atoms with Crippen molar-refractivity contribution in [3.63, 3.8) is 0 Å². The number of nitrogens with one attached hydrogen (secondary N) is 2. The van der Waals surface area contributed by atoms with Gasteiger partial charge in [0.1, 0.15) is 5.69 Å². The number of nitrogens with two attached hydrogens (primary N) is 2. The molecule has 2 heterocycles. The van der Waals surface area contributed by atoms with E-state index >= 15 is 0 Å². The molecule has 6 N–H and O–H groups in total. The molecule has 0 aromatic carbocycles. The minimum atomic E-state index is -0.265. The molecule has 1 aliphatic heterocycles. The topological polar surface area (TPSA) is 113 Å². The van der Waals surface area contributed by atoms with E-state index in [1.807, 2.05) is 0 Å². The lowest BCUT2D eigenvalue weighted by atomic mass is 10.5. The molecule has 7 nitrogen and oxygen atoms in total. The van der Waals surface area contributed by atoms with Crippen molar-refractivity contribution in [2.45, 2.75) is 0 Å². The van der Waals surface area contributed by atoms with Gasteiger partial charge in [-0.25, -0.2) is 0 Å². The van der Waals surface area contributed by atoms with Crippen LogP contribution in [-0.4, -0.2) is 23.3 Å². The molecule has 0 saturated heterocycles. The van der Waals surface area contributed by atoms with E-state index in [2.05, 4.69) is 15.3 Å². The van der Waals surface area contributed by atoms with Crippen molar-refractivity contribution in [2.24, 2.45) is 5.73 Å². The van der Waals surface area contributed by atoms with E-state index in [1.165, 1.54) is 0 Å². The van der Waals surface area contributed by atoms with E-state index in [4.69, 9.17) is 11.5 Å². The molecule has 0 unspecified atom stereocenters. The lowest BCUT2D eigenvalue weighted by Crippen LogP contribution is -2.29. The Kier molecular flexibility index (Phi) is 1.59. The Bertz CT molecular complexity index is 385. The first-order valence-corrected chi connectivity index (χ1v) is 3.81. The molecule has 0 aliphatic carbocycles. The molecule has 0 fully saturated rings. The molecule has 1 aromatic rings. The lowest BCUT2D eigenvalue weighted by Gasteiger charge is -2.12. The Morgan fingerprint density at radius 3 is 3.08 bits per heavy atom. The van der Waals surface area contributed by atoms with Gasteiger partial charge in [-0.2, -0.15) is 4.98 Å². The number of aromatic amines is 1. The Balaban J connectivity index is 2.58. The molecule has 70 valence electrons. The van der Waals surface area contributed by atoms with Crippen molar-refractivity contribution >= 4 is 17.5 Å². The van der Waals surface area contributed by atoms with Crippen molar-refractivity contribution in [2.75, 3.05) is 29.3 Å². The van der Waals surface area contributed by atoms with Gasteiger partial charge in [0.25, 0.3) is 5.56 Å². The zero-order valence-corrected chi connectivity index (χ0v) is 6.87. The van der Waals surface area contributed by atoms with E-state index in [-0.39, 0.29) is 11.5 Å². The molecule has 0 bridgehead atoms. The van der Waals surface area contributed by atoms with Gasteiger partial charge in [0.15, 0.2) is 5.82 Å². The Morgan fingerprint density at radius 2 is 2.38 bits per heavy atom. The summed E-state index contributed by atoms with van der Waals surface area (Å²) in [6.45, 7) is 0.793. The van der Waals surface area contributed by atoms with Gasteiger partial charge >= 0.3 is 0 Å². The predicted molar refractivity (Wildman–Crippen MR) is 49.3 cm³/mol. The highest BCUT2D eigenvalue weighted by molar-refractivity contribution is 5.70. The zero-order valence-electron chi connectivity index (χ0n) is 6.87. The predicted octanol–water partition coefficient (Wildman–Crippen LogP) is -1.54. The summed E-state index contributed by atoms with van der Waals surface area (Å²) in [6, 6.07) is 0. The molecule has 0 saturated carbocycles. The molecular weight excluding hydrogens is 172 g/mol. The van der Waals surface area contributed by atoms with Gasteiger partial charge in [-0.3, -0.25) is 9.78 Å². The number of aromatic nitrogens is 2. The van der Waals surface area contributed by atoms with Crippen LogP contribution in [0.2, 0.25) is 0 Å². The Morgan fingerprint density at radius 1 is 1.62 bits per heavy atom. The van der Waals surface area contributed by atoms with Crippen LogP contribution in [0, 0.1) is 0 Å². The number of fused-ring (bicyclic) bond motifs is 1. The third-order valence-corrected chi connectivity index (χ3v) is 1.89. The fourth-order valence-corrected chi connectivity index (χ4v) is 1.27. The number of nitrogen functional groups attached to an aromatic ring is 1. The minimum absolute atomic E-state index is 0.103. The molecule has 0 atom stereocenters. The molecule has 13 heavy (non-hydrogen) atoms. The molecule has 1 aliphatic rings. The first kappa shape index (κ1) is 7.87. The zero-order chi connectivity index (χ0) is 9.42. The average molecular weight is 182 g/mol. The number of H-pyrrole nitrogens is 1. The van der Waals surface area contributed by atoms with E-state index in [0.717, 1.165) is 0 Å². The van der Waals surface area contributed by atoms with Gasteiger partial charge in [0.05, 0.1) is 13.3 Å². The number of nitrogens with zero attached hydrogens (tertiary/aromatic N) is 2. The van der Waals surface area contributed by atoms with Crippen LogP contribution in [0.3, 0.4) is 0 Å². The maximum Gasteiger partial charge on any atom is 0.277 e. The summed E-state index contributed by atoms with van der Waals surface area (Å²) in [7, 11) is 0. The van der Waals surface area contributed by atoms with Gasteiger partial charge in [-0.1, -0.05) is 0 Å². The van der Waals surface area contributed by atoms with Crippen LogP contribution in [0.5, 0.6) is 0 Å². The maximum absolute atomic E-state index is 11.3. The molecular formula is C6H10N6O. The first-order valence-electron chi connectivity index (χ1n) is 3.81. The second-order valence-corrected chi connectivity index (χ2v) is 2.71. The highest BCUT2D eigenvalue weighted by atomic mass is 16.1. The van der Waals surface area contributed by atoms with Gasteiger partial charge < -0.3 is 21.7 Å². The van der Waals surface area contributed by atoms with Crippen molar-refractivity contribution in [3.8, 4) is 0 Å². The third-order valence-electron chi connectivity index (χ3n) is 1.89. The van der Waals surface area contributed by atoms with Crippen LogP contribution in [0.15, 0.2) is 4.79 Å². The van der Waals surface area contributed by atoms with Crippen LogP contribution in [0.1, 0.15) is 0 Å². The third kappa shape index (κ3) is 1.09. The Labute approximate surface area is 73.7 Å². The van der Waals surface area contributed by atoms with Crippen molar-refractivity contribution < 1.29 is 0 Å². The molecule has 1 aromatic heterocycles. The fourth-order valence-electron chi connectivity index (χ4n) is 1.27. The van der Waals surface area contributed by atoms with Crippen LogP contribution < -0.4 is 27.2 Å². The highest BCUT2D eigenvalue weighted by Gasteiger charge is 2.22. The van der Waals surface area contributed by atoms with Gasteiger partial charge in [-0.15, -0.1) is 0 Å². The van der Waals surface area contributed by atoms with Crippen molar-refractivity contribution in [1.82, 2.24) is 9.97 Å². The summed E-state index contributed by atoms with van der Waals surface area (Å²) in [5.41, 5.74) is 11.0. The van der Waals surface area contributed by atoms with E-state index in [9.17, 15) is 4.79 Å². The first-order chi connectivity index (χ1) is 6.22. The Hall–Kier alpha value is -1.76. The maximum atomic E-state index is 11.3. The molecule has 0 spiro atoms. The fraction of sp³-hybridized carbons (Fsp3) is 0.333. The SMILES string of the molecule is NCN1CNc2c1nc(N)[nH]c2=O. The second-order valence-electron chi connectivity index (χ2n) is 2.71. The summed E-state index contributed by atoms with van der Waals surface area (Å²) in [5, 5.41) is 2.88. The van der Waals surface area contributed by atoms with Crippen molar-refractivity contribution in [1.29, 1.82) is 0 Å². The van der Waals surface area contributed by atoms with E-state index in [0.29, 0.717) is 24.8 Å². The lowest BCUT2D eigenvalue weighted by molar-refractivity contribution is 0.867. The standard InChI is InChI=1S/C6H10N6O/c7-1-12-2-9-3-4(12)10-6(8)11-5(3)13/h9H,1-2,7H2,(H3,8,10,11,13). The molecule has 0 radical (unpaired) electrons. The number of hydrogen-bond acceptors (Lipinski definition) is 6. The molecule has 2 rings (SSSR count). The molecule has 0 amide bonds. The van der Waals surface area contributed by atoms with E-state index < -0.39 is 0 Å². The van der Waals surface area contributed by atoms with Crippen molar-refractivity contribution in [3.05, 3.63) is 10.4 Å². The van der Waals surface area contributed by atoms with Gasteiger partial charge in [0, 0.05) is 0 Å². The summed E-state index contributed by atoms with van der Waals surface area (Å²) in [5.74, 6) is 0.620. The summed E-state index contributed by atoms with van der Waals surface area (Å²) in [6.07, 6.45) is 0. The highest BCUT2D eigenvalue weighted by Crippen LogP contribution is 2.23. The summed E-state index contributed by atoms with van der Waals surface area (Å²) < 4.78 is 0. The van der Waals surface area contributed by atoms with Crippen LogP contribution in [0.4, 0.5) is 17.5 Å². The average Bonchev–Trinajstić information content (AvgIpc) is 2.47. The monoisotopic (exact) mass is 182 g/mol. The summed E-state index contributed by atoms with van der Waals surface area (Å²) >= 11 is 0. The quantitative estimate of drug-likeness (QED) is 0.418. The van der Waals surface area contributed by atoms with Gasteiger partial charge in [0.2, 0.25) is 5.95 Å². The second kappa shape index (κ2) is 2.63. The van der Waals surface area contributed by atoms with E-state index in [1.54, 1.807) is 4.90 Å². The summed E-state index contributed by atoms with van der Waals surface area (Å²) in [4.78, 5) is 19.4.